The molecule has 5 aromatic rings. The van der Waals surface area contributed by atoms with Gasteiger partial charge in [-0.1, -0.05) is 122 Å². The van der Waals surface area contributed by atoms with Crippen LogP contribution in [0.25, 0.3) is 17.0 Å². The molecule has 2 aromatic heterocycles. The smallest absolute Gasteiger partial charge is 0.356 e. The summed E-state index contributed by atoms with van der Waals surface area (Å²) in [5, 5.41) is 13.1. The van der Waals surface area contributed by atoms with Crippen LogP contribution in [0.3, 0.4) is 0 Å². The van der Waals surface area contributed by atoms with E-state index in [1.54, 1.807) is 30.0 Å². The number of nitrogens with zero attached hydrogens (tertiary/aromatic N) is 4. The lowest BCUT2D eigenvalue weighted by Gasteiger charge is -2.52. The van der Waals surface area contributed by atoms with Crippen molar-refractivity contribution in [1.82, 2.24) is 19.4 Å². The Kier molecular flexibility index (Phi) is 10.5. The number of esters is 1. The van der Waals surface area contributed by atoms with Crippen LogP contribution in [0.1, 0.15) is 13.8 Å². The minimum atomic E-state index is -3.28. The number of β-lactam (4-membered cyclic amide) rings is 1. The van der Waals surface area contributed by atoms with Crippen LogP contribution in [0.15, 0.2) is 140 Å². The number of imidazole rings is 1. The number of hydrogen-bond acceptors (Lipinski definition) is 9. The van der Waals surface area contributed by atoms with Crippen LogP contribution in [0.2, 0.25) is 0 Å². The standard InChI is InChI=1S/C42H37N4O6PS/c1-4-23-52-42(51)40(53(30-16-8-5-9-17-30,31-18-10-6-11-19-31)32-20-12-7-13-21-32)46-36(34(28(3)48)39(46)50)27(2)37(49)38-33(25-47)45-26-44-35(41(45)54-38)29-15-14-22-43-24-29/h4-22,24,26-28,34,36,38,48H,1,23H2,2-3H3/t27-,28-,34-,36-,38?/m1/s1. The molecule has 12 heteroatoms. The summed E-state index contributed by atoms with van der Waals surface area (Å²) in [6.45, 7) is 3.53. The molecular formula is C42H37N4O6PS. The molecule has 0 bridgehead atoms. The molecule has 0 spiro atoms. The number of carbonyl (C=O) groups is 3. The predicted octanol–water partition coefficient (Wildman–Crippen LogP) is 4.36. The number of thioether (sulfide) groups is 1. The fourth-order valence-corrected chi connectivity index (χ4v) is 13.2. The summed E-state index contributed by atoms with van der Waals surface area (Å²) >= 11 is 1.17. The van der Waals surface area contributed by atoms with Gasteiger partial charge in [-0.15, -0.1) is 0 Å². The van der Waals surface area contributed by atoms with Gasteiger partial charge in [-0.3, -0.25) is 19.1 Å². The van der Waals surface area contributed by atoms with E-state index in [9.17, 15) is 24.3 Å². The van der Waals surface area contributed by atoms with Gasteiger partial charge in [0.05, 0.1) is 18.1 Å². The number of aliphatic hydroxyl groups is 1. The molecule has 4 heterocycles. The molecule has 0 radical (unpaired) electrons. The average molecular weight is 757 g/mol. The van der Waals surface area contributed by atoms with Gasteiger partial charge in [0.15, 0.2) is 5.78 Å². The Morgan fingerprint density at radius 3 is 2.06 bits per heavy atom. The van der Waals surface area contributed by atoms with Crippen molar-refractivity contribution >= 4 is 69.3 Å². The van der Waals surface area contributed by atoms with Crippen LogP contribution in [-0.2, 0) is 23.9 Å². The van der Waals surface area contributed by atoms with Crippen molar-refractivity contribution < 1.29 is 29.0 Å². The molecule has 2 aliphatic rings. The average Bonchev–Trinajstić information content (AvgIpc) is 3.79. The molecule has 5 atom stereocenters. The third-order valence-corrected chi connectivity index (χ3v) is 15.5. The van der Waals surface area contributed by atoms with Crippen LogP contribution in [0.4, 0.5) is 0 Å². The van der Waals surface area contributed by atoms with E-state index in [0.717, 1.165) is 21.5 Å². The molecule has 1 saturated heterocycles. The van der Waals surface area contributed by atoms with E-state index in [2.05, 4.69) is 16.5 Å². The first kappa shape index (κ1) is 36.8. The predicted molar refractivity (Wildman–Crippen MR) is 212 cm³/mol. The minimum Gasteiger partial charge on any atom is -0.457 e. The maximum Gasteiger partial charge on any atom is 0.356 e. The molecule has 1 N–H and O–H groups in total. The van der Waals surface area contributed by atoms with E-state index in [4.69, 9.17) is 4.74 Å². The highest BCUT2D eigenvalue weighted by atomic mass is 32.2. The lowest BCUT2D eigenvalue weighted by Crippen LogP contribution is -2.71. The van der Waals surface area contributed by atoms with Gasteiger partial charge in [0, 0.05) is 30.8 Å². The number of Topliss-reactive ketones (excluding diaryl/α,β-unsaturated/α-hetero) is 1. The van der Waals surface area contributed by atoms with E-state index >= 15 is 0 Å². The molecule has 1 amide bonds. The van der Waals surface area contributed by atoms with Gasteiger partial charge in [-0.2, -0.15) is 0 Å². The molecule has 0 saturated carbocycles. The van der Waals surface area contributed by atoms with Crippen LogP contribution in [-0.4, -0.2) is 77.6 Å². The molecule has 10 nitrogen and oxygen atoms in total. The zero-order chi connectivity index (χ0) is 38.0. The van der Waals surface area contributed by atoms with E-state index in [1.165, 1.54) is 36.0 Å². The third kappa shape index (κ3) is 6.09. The first-order valence-electron chi connectivity index (χ1n) is 17.4. The lowest BCUT2D eigenvalue weighted by atomic mass is 9.74. The SMILES string of the molecule is C=CCOC(=O)C(N1C(=O)[C@H]([C@@H](C)O)[C@H]1[C@@H](C)C(=O)C1Sc2c(-c3cccnc3)ncn2C1=C=O)=P(c1ccccc1)(c1ccccc1)c1ccccc1. The Hall–Kier alpha value is -5.57. The second kappa shape index (κ2) is 15.4. The normalized spacial score (nSPS) is 18.9. The van der Waals surface area contributed by atoms with Crippen LogP contribution < -0.4 is 15.9 Å². The largest absolute Gasteiger partial charge is 0.457 e. The van der Waals surface area contributed by atoms with Crippen molar-refractivity contribution in [2.45, 2.75) is 36.3 Å². The summed E-state index contributed by atoms with van der Waals surface area (Å²) in [6, 6.07) is 31.2. The summed E-state index contributed by atoms with van der Waals surface area (Å²) in [4.78, 5) is 66.8. The maximum atomic E-state index is 14.8. The number of hydrogen-bond donors (Lipinski definition) is 1. The Morgan fingerprint density at radius 2 is 1.56 bits per heavy atom. The van der Waals surface area contributed by atoms with Crippen molar-refractivity contribution in [2.24, 2.45) is 11.8 Å². The number of aliphatic hydroxyl groups excluding tert-OH is 1. The van der Waals surface area contributed by atoms with Crippen molar-refractivity contribution in [3.63, 3.8) is 0 Å². The first-order valence-corrected chi connectivity index (χ1v) is 20.1. The van der Waals surface area contributed by atoms with Gasteiger partial charge >= 0.3 is 5.97 Å². The maximum absolute atomic E-state index is 14.8. The molecule has 2 aliphatic heterocycles. The highest BCUT2D eigenvalue weighted by Gasteiger charge is 2.59. The first-order chi connectivity index (χ1) is 26.2. The highest BCUT2D eigenvalue weighted by molar-refractivity contribution is 8.01. The van der Waals surface area contributed by atoms with E-state index in [1.807, 2.05) is 103 Å². The minimum absolute atomic E-state index is 0.0783. The zero-order valence-electron chi connectivity index (χ0n) is 29.6. The molecule has 272 valence electrons. The number of aromatic nitrogens is 3. The summed E-state index contributed by atoms with van der Waals surface area (Å²) in [7, 11) is 0. The van der Waals surface area contributed by atoms with Crippen molar-refractivity contribution in [3.05, 3.63) is 135 Å². The number of ketones is 1. The quantitative estimate of drug-likeness (QED) is 0.0649. The molecular weight excluding hydrogens is 720 g/mol. The number of carbonyl (C=O) groups excluding carboxylic acids is 4. The Morgan fingerprint density at radius 1 is 0.963 bits per heavy atom. The summed E-state index contributed by atoms with van der Waals surface area (Å²) < 4.78 is 7.41. The van der Waals surface area contributed by atoms with Gasteiger partial charge in [0.25, 0.3) is 0 Å². The van der Waals surface area contributed by atoms with Crippen LogP contribution >= 0.6 is 18.6 Å². The number of rotatable bonds is 12. The van der Waals surface area contributed by atoms with Crippen molar-refractivity contribution in [1.29, 1.82) is 0 Å². The molecule has 1 unspecified atom stereocenters. The van der Waals surface area contributed by atoms with E-state index < -0.39 is 48.0 Å². The molecule has 0 aliphatic carbocycles. The number of pyridine rings is 1. The van der Waals surface area contributed by atoms with Crippen molar-refractivity contribution in [3.8, 4) is 11.3 Å². The molecule has 7 rings (SSSR count). The fourth-order valence-electron chi connectivity index (χ4n) is 7.49. The topological polar surface area (TPSA) is 132 Å². The molecule has 1 fully saturated rings. The van der Waals surface area contributed by atoms with Gasteiger partial charge in [-0.25, -0.2) is 14.6 Å². The van der Waals surface area contributed by atoms with Gasteiger partial charge in [-0.05, 0) is 35.0 Å². The van der Waals surface area contributed by atoms with E-state index in [0.29, 0.717) is 10.7 Å². The van der Waals surface area contributed by atoms with Gasteiger partial charge in [0.1, 0.15) is 46.0 Å². The fraction of sp³-hybridized carbons (Fsp3) is 0.190. The monoisotopic (exact) mass is 756 g/mol. The number of benzene rings is 3. The van der Waals surface area contributed by atoms with Crippen molar-refractivity contribution in [2.75, 3.05) is 6.61 Å². The molecule has 54 heavy (non-hydrogen) atoms. The number of fused-ring (bicyclic) bond motifs is 1. The number of likely N-dealkylation sites (tertiary alicyclic amines) is 1. The number of ether oxygens (including phenoxy) is 1. The zero-order valence-corrected chi connectivity index (χ0v) is 31.3. The van der Waals surface area contributed by atoms with Gasteiger partial charge < -0.3 is 14.7 Å². The second-order valence-corrected chi connectivity index (χ2v) is 17.4. The Labute approximate surface area is 317 Å². The Balaban J connectivity index is 1.43. The summed E-state index contributed by atoms with van der Waals surface area (Å²) in [5.41, 5.74) is 1.44. The number of amides is 1. The van der Waals surface area contributed by atoms with E-state index in [-0.39, 0.29) is 23.5 Å². The highest BCUT2D eigenvalue weighted by Crippen LogP contribution is 2.51. The Bertz CT molecular complexity index is 2220. The summed E-state index contributed by atoms with van der Waals surface area (Å²) in [6.07, 6.45) is 5.08. The summed E-state index contributed by atoms with van der Waals surface area (Å²) in [5.74, 6) is -1.64. The van der Waals surface area contributed by atoms with Crippen LogP contribution in [0, 0.1) is 11.8 Å². The van der Waals surface area contributed by atoms with Gasteiger partial charge in [0.2, 0.25) is 5.91 Å². The second-order valence-electron chi connectivity index (χ2n) is 13.0. The molecule has 3 aromatic carbocycles. The third-order valence-electron chi connectivity index (χ3n) is 9.92. The van der Waals surface area contributed by atoms with Crippen LogP contribution in [0.5, 0.6) is 0 Å². The lowest BCUT2D eigenvalue weighted by molar-refractivity contribution is -0.162.